The maximum Gasteiger partial charge on any atom is 0.256 e. The van der Waals surface area contributed by atoms with E-state index in [-0.39, 0.29) is 5.91 Å². The van der Waals surface area contributed by atoms with Gasteiger partial charge in [0, 0.05) is 0 Å². The minimum atomic E-state index is -0.0834. The summed E-state index contributed by atoms with van der Waals surface area (Å²) in [5.41, 5.74) is 0.885. The van der Waals surface area contributed by atoms with Crippen LogP contribution >= 0.6 is 23.6 Å². The van der Waals surface area contributed by atoms with Crippen LogP contribution in [0.15, 0.2) is 36.4 Å². The third-order valence-electron chi connectivity index (χ3n) is 2.02. The Balaban J connectivity index is 2.74. The highest BCUT2D eigenvalue weighted by Crippen LogP contribution is 2.22. The van der Waals surface area contributed by atoms with Crippen molar-refractivity contribution in [2.75, 3.05) is 0 Å². The highest BCUT2D eigenvalue weighted by molar-refractivity contribution is 7.73. The molecule has 2 nitrogen and oxygen atoms in total. The standard InChI is InChI=1S/C11H9NOS2/c1-2-5-10(13)12-8-6-3-4-7-9(8)15-11(12)14/h2-7H,1H3. The average Bonchev–Trinajstić information content (AvgIpc) is 2.54. The summed E-state index contributed by atoms with van der Waals surface area (Å²) in [6.07, 6.45) is 3.24. The molecule has 0 aliphatic carbocycles. The second kappa shape index (κ2) is 4.08. The topological polar surface area (TPSA) is 22.0 Å². The van der Waals surface area contributed by atoms with Gasteiger partial charge in [0.2, 0.25) is 0 Å². The van der Waals surface area contributed by atoms with Crippen molar-refractivity contribution in [3.63, 3.8) is 0 Å². The van der Waals surface area contributed by atoms with Crippen LogP contribution in [0.25, 0.3) is 10.2 Å². The Bertz CT molecular complexity index is 592. The van der Waals surface area contributed by atoms with Crippen molar-refractivity contribution in [1.29, 1.82) is 0 Å². The Kier molecular flexibility index (Phi) is 2.79. The number of fused-ring (bicyclic) bond motifs is 1. The molecule has 0 bridgehead atoms. The summed E-state index contributed by atoms with van der Waals surface area (Å²) in [4.78, 5) is 11.8. The molecule has 1 aromatic heterocycles. The van der Waals surface area contributed by atoms with Gasteiger partial charge in [0.1, 0.15) is 0 Å². The maximum absolute atomic E-state index is 11.8. The number of allylic oxidation sites excluding steroid dienone is 2. The molecule has 0 aliphatic rings. The fourth-order valence-corrected chi connectivity index (χ4v) is 2.73. The van der Waals surface area contributed by atoms with Gasteiger partial charge in [-0.1, -0.05) is 18.2 Å². The third kappa shape index (κ3) is 1.78. The maximum atomic E-state index is 11.8. The Hall–Kier alpha value is -1.26. The van der Waals surface area contributed by atoms with Gasteiger partial charge in [-0.2, -0.15) is 0 Å². The Morgan fingerprint density at radius 2 is 2.20 bits per heavy atom. The monoisotopic (exact) mass is 235 g/mol. The lowest BCUT2D eigenvalue weighted by Gasteiger charge is -1.97. The van der Waals surface area contributed by atoms with Gasteiger partial charge in [-0.15, -0.1) is 11.3 Å². The first-order valence-corrected chi connectivity index (χ1v) is 5.74. The molecule has 0 atom stereocenters. The summed E-state index contributed by atoms with van der Waals surface area (Å²) < 4.78 is 3.20. The third-order valence-corrected chi connectivity index (χ3v) is 3.37. The van der Waals surface area contributed by atoms with Crippen molar-refractivity contribution < 1.29 is 4.79 Å². The lowest BCUT2D eigenvalue weighted by atomic mass is 10.3. The number of nitrogens with zero attached hydrogens (tertiary/aromatic N) is 1. The van der Waals surface area contributed by atoms with E-state index in [0.29, 0.717) is 3.95 Å². The Labute approximate surface area is 96.5 Å². The summed E-state index contributed by atoms with van der Waals surface area (Å²) in [6.45, 7) is 1.82. The van der Waals surface area contributed by atoms with Gasteiger partial charge in [-0.3, -0.25) is 9.36 Å². The lowest BCUT2D eigenvalue weighted by molar-refractivity contribution is 0.0973. The van der Waals surface area contributed by atoms with Crippen LogP contribution in [0.5, 0.6) is 0 Å². The number of hydrogen-bond acceptors (Lipinski definition) is 3. The zero-order valence-corrected chi connectivity index (χ0v) is 9.77. The molecule has 0 spiro atoms. The number of benzene rings is 1. The summed E-state index contributed by atoms with van der Waals surface area (Å²) in [7, 11) is 0. The van der Waals surface area contributed by atoms with Gasteiger partial charge in [-0.25, -0.2) is 0 Å². The van der Waals surface area contributed by atoms with Gasteiger partial charge in [0.15, 0.2) is 3.95 Å². The largest absolute Gasteiger partial charge is 0.269 e. The Morgan fingerprint density at radius 3 is 2.93 bits per heavy atom. The van der Waals surface area contributed by atoms with Crippen LogP contribution in [0.4, 0.5) is 0 Å². The molecule has 0 saturated carbocycles. The van der Waals surface area contributed by atoms with E-state index in [9.17, 15) is 4.79 Å². The lowest BCUT2D eigenvalue weighted by Crippen LogP contribution is -2.06. The second-order valence-electron chi connectivity index (χ2n) is 3.01. The number of aromatic nitrogens is 1. The van der Waals surface area contributed by atoms with Crippen molar-refractivity contribution in [1.82, 2.24) is 4.57 Å². The molecule has 2 aromatic rings. The quantitative estimate of drug-likeness (QED) is 0.556. The molecule has 1 heterocycles. The predicted octanol–water partition coefficient (Wildman–Crippen LogP) is 3.65. The van der Waals surface area contributed by atoms with E-state index >= 15 is 0 Å². The number of carbonyl (C=O) groups excluding carboxylic acids is 1. The van der Waals surface area contributed by atoms with Crippen LogP contribution in [-0.4, -0.2) is 10.5 Å². The van der Waals surface area contributed by atoms with Crippen molar-refractivity contribution in [3.05, 3.63) is 40.4 Å². The van der Waals surface area contributed by atoms with Crippen molar-refractivity contribution >= 4 is 39.7 Å². The van der Waals surface area contributed by atoms with E-state index in [4.69, 9.17) is 12.2 Å². The molecule has 2 rings (SSSR count). The van der Waals surface area contributed by atoms with Crippen LogP contribution in [0, 0.1) is 3.95 Å². The van der Waals surface area contributed by atoms with E-state index in [2.05, 4.69) is 0 Å². The van der Waals surface area contributed by atoms with Crippen LogP contribution in [0.2, 0.25) is 0 Å². The van der Waals surface area contributed by atoms with Gasteiger partial charge in [0.25, 0.3) is 5.91 Å². The fraction of sp³-hybridized carbons (Fsp3) is 0.0909. The van der Waals surface area contributed by atoms with Gasteiger partial charge in [-0.05, 0) is 37.4 Å². The number of para-hydroxylation sites is 1. The number of rotatable bonds is 1. The van der Waals surface area contributed by atoms with E-state index in [1.807, 2.05) is 31.2 Å². The molecule has 0 saturated heterocycles. The SMILES string of the molecule is CC=CC(=O)n1c(=S)sc2ccccc21. The van der Waals surface area contributed by atoms with E-state index < -0.39 is 0 Å². The number of carbonyl (C=O) groups is 1. The first-order chi connectivity index (χ1) is 7.24. The fourth-order valence-electron chi connectivity index (χ4n) is 1.39. The van der Waals surface area contributed by atoms with Crippen molar-refractivity contribution in [2.24, 2.45) is 0 Å². The predicted molar refractivity (Wildman–Crippen MR) is 66.1 cm³/mol. The van der Waals surface area contributed by atoms with Gasteiger partial charge >= 0.3 is 0 Å². The normalized spacial score (nSPS) is 11.3. The first-order valence-electron chi connectivity index (χ1n) is 4.51. The van der Waals surface area contributed by atoms with Crippen LogP contribution in [-0.2, 0) is 0 Å². The molecule has 0 aliphatic heterocycles. The minimum absolute atomic E-state index is 0.0834. The zero-order valence-electron chi connectivity index (χ0n) is 8.14. The second-order valence-corrected chi connectivity index (χ2v) is 4.69. The molecule has 0 amide bonds. The highest BCUT2D eigenvalue weighted by atomic mass is 32.1. The molecule has 0 fully saturated rings. The minimum Gasteiger partial charge on any atom is -0.269 e. The molecule has 1 aromatic carbocycles. The molecule has 0 radical (unpaired) electrons. The summed E-state index contributed by atoms with van der Waals surface area (Å²) >= 11 is 6.63. The van der Waals surface area contributed by atoms with Crippen LogP contribution < -0.4 is 0 Å². The molecule has 0 N–H and O–H groups in total. The molecule has 4 heteroatoms. The molecule has 76 valence electrons. The van der Waals surface area contributed by atoms with Gasteiger partial charge < -0.3 is 0 Å². The van der Waals surface area contributed by atoms with Crippen molar-refractivity contribution in [3.8, 4) is 0 Å². The Morgan fingerprint density at radius 1 is 1.47 bits per heavy atom. The van der Waals surface area contributed by atoms with Crippen molar-refractivity contribution in [2.45, 2.75) is 6.92 Å². The molecular formula is C11H9NOS2. The van der Waals surface area contributed by atoms with Gasteiger partial charge in [0.05, 0.1) is 10.2 Å². The zero-order chi connectivity index (χ0) is 10.8. The van der Waals surface area contributed by atoms with E-state index in [1.165, 1.54) is 17.4 Å². The molecule has 15 heavy (non-hydrogen) atoms. The van der Waals surface area contributed by atoms with E-state index in [0.717, 1.165) is 10.2 Å². The summed E-state index contributed by atoms with van der Waals surface area (Å²) in [5.74, 6) is -0.0834. The van der Waals surface area contributed by atoms with E-state index in [1.54, 1.807) is 10.6 Å². The van der Waals surface area contributed by atoms with Crippen LogP contribution in [0.1, 0.15) is 11.7 Å². The number of thiazole rings is 1. The average molecular weight is 235 g/mol. The smallest absolute Gasteiger partial charge is 0.256 e. The summed E-state index contributed by atoms with van der Waals surface area (Å²) in [6, 6.07) is 7.72. The molecular weight excluding hydrogens is 226 g/mol. The van der Waals surface area contributed by atoms with Crippen LogP contribution in [0.3, 0.4) is 0 Å². The highest BCUT2D eigenvalue weighted by Gasteiger charge is 2.08. The summed E-state index contributed by atoms with van der Waals surface area (Å²) in [5, 5.41) is 0. The first kappa shape index (κ1) is 10.3. The number of hydrogen-bond donors (Lipinski definition) is 0. The molecule has 0 unspecified atom stereocenters.